The van der Waals surface area contributed by atoms with Gasteiger partial charge in [0.25, 0.3) is 11.5 Å². The lowest BCUT2D eigenvalue weighted by molar-refractivity contribution is 0.0934. The summed E-state index contributed by atoms with van der Waals surface area (Å²) in [5, 5.41) is 5.15. The average molecular weight is 307 g/mol. The highest BCUT2D eigenvalue weighted by Crippen LogP contribution is 2.20. The second-order valence-electron chi connectivity index (χ2n) is 5.52. The van der Waals surface area contributed by atoms with Crippen molar-refractivity contribution >= 4 is 16.7 Å². The summed E-state index contributed by atoms with van der Waals surface area (Å²) in [5.41, 5.74) is 0.790. The molecule has 1 amide bonds. The third-order valence-corrected chi connectivity index (χ3v) is 3.71. The van der Waals surface area contributed by atoms with Crippen LogP contribution in [0.15, 0.2) is 53.3 Å². The normalized spacial score (nSPS) is 12.1. The Morgan fingerprint density at radius 1 is 1.13 bits per heavy atom. The van der Waals surface area contributed by atoms with E-state index in [4.69, 9.17) is 0 Å². The second kappa shape index (κ2) is 6.04. The molecule has 1 aromatic heterocycles. The topological polar surface area (TPSA) is 74.8 Å². The van der Waals surface area contributed by atoms with Crippen molar-refractivity contribution in [3.63, 3.8) is 0 Å². The highest BCUT2D eigenvalue weighted by molar-refractivity contribution is 5.92. The number of hydrogen-bond donors (Lipinski definition) is 2. The quantitative estimate of drug-likeness (QED) is 0.781. The van der Waals surface area contributed by atoms with Crippen LogP contribution in [-0.4, -0.2) is 15.9 Å². The van der Waals surface area contributed by atoms with E-state index in [-0.39, 0.29) is 23.2 Å². The van der Waals surface area contributed by atoms with Crippen molar-refractivity contribution in [2.75, 3.05) is 0 Å². The smallest absolute Gasteiger partial charge is 0.270 e. The molecule has 1 unspecified atom stereocenters. The van der Waals surface area contributed by atoms with Gasteiger partial charge in [0.05, 0.1) is 6.04 Å². The summed E-state index contributed by atoms with van der Waals surface area (Å²) >= 11 is 0. The third kappa shape index (κ3) is 3.29. The number of aromatic nitrogens is 2. The van der Waals surface area contributed by atoms with Gasteiger partial charge in [-0.25, -0.2) is 4.98 Å². The van der Waals surface area contributed by atoms with E-state index in [2.05, 4.69) is 21.4 Å². The Bertz CT molecular complexity index is 931. The zero-order chi connectivity index (χ0) is 16.4. The van der Waals surface area contributed by atoms with Gasteiger partial charge in [0.1, 0.15) is 11.5 Å². The van der Waals surface area contributed by atoms with Gasteiger partial charge in [-0.2, -0.15) is 0 Å². The molecule has 0 spiro atoms. The Morgan fingerprint density at radius 3 is 2.61 bits per heavy atom. The lowest BCUT2D eigenvalue weighted by Gasteiger charge is -2.15. The predicted molar refractivity (Wildman–Crippen MR) is 89.4 cm³/mol. The zero-order valence-corrected chi connectivity index (χ0v) is 13.0. The fourth-order valence-corrected chi connectivity index (χ4v) is 2.53. The van der Waals surface area contributed by atoms with Gasteiger partial charge in [0, 0.05) is 6.07 Å². The van der Waals surface area contributed by atoms with Crippen LogP contribution in [-0.2, 0) is 0 Å². The third-order valence-electron chi connectivity index (χ3n) is 3.71. The first-order valence-electron chi connectivity index (χ1n) is 7.40. The summed E-state index contributed by atoms with van der Waals surface area (Å²) in [7, 11) is 0. The van der Waals surface area contributed by atoms with Crippen LogP contribution in [0.25, 0.3) is 10.8 Å². The number of aryl methyl sites for hydroxylation is 1. The lowest BCUT2D eigenvalue weighted by Crippen LogP contribution is -2.29. The fourth-order valence-electron chi connectivity index (χ4n) is 2.53. The number of rotatable bonds is 3. The van der Waals surface area contributed by atoms with Crippen molar-refractivity contribution in [2.24, 2.45) is 0 Å². The van der Waals surface area contributed by atoms with Crippen molar-refractivity contribution in [1.29, 1.82) is 0 Å². The molecular formula is C18H17N3O2. The van der Waals surface area contributed by atoms with Crippen molar-refractivity contribution in [2.45, 2.75) is 19.9 Å². The maximum Gasteiger partial charge on any atom is 0.270 e. The van der Waals surface area contributed by atoms with Gasteiger partial charge in [0.15, 0.2) is 0 Å². The summed E-state index contributed by atoms with van der Waals surface area (Å²) in [6.07, 6.45) is 0. The minimum absolute atomic E-state index is 0.124. The van der Waals surface area contributed by atoms with E-state index in [9.17, 15) is 9.59 Å². The van der Waals surface area contributed by atoms with Gasteiger partial charge in [-0.15, -0.1) is 0 Å². The van der Waals surface area contributed by atoms with E-state index >= 15 is 0 Å². The van der Waals surface area contributed by atoms with Gasteiger partial charge in [0.2, 0.25) is 0 Å². The maximum absolute atomic E-state index is 12.3. The van der Waals surface area contributed by atoms with Gasteiger partial charge in [-0.1, -0.05) is 36.4 Å². The molecule has 3 aromatic rings. The molecule has 23 heavy (non-hydrogen) atoms. The molecule has 5 nitrogen and oxygen atoms in total. The Balaban J connectivity index is 1.83. The number of nitrogens with zero attached hydrogens (tertiary/aromatic N) is 1. The van der Waals surface area contributed by atoms with Crippen LogP contribution in [0.2, 0.25) is 0 Å². The molecule has 0 aliphatic rings. The molecule has 1 heterocycles. The number of carbonyl (C=O) groups excluding carboxylic acids is 1. The monoisotopic (exact) mass is 307 g/mol. The number of hydrogen-bond acceptors (Lipinski definition) is 3. The van der Waals surface area contributed by atoms with E-state index in [1.807, 2.05) is 43.3 Å². The van der Waals surface area contributed by atoms with Gasteiger partial charge >= 0.3 is 0 Å². The number of aromatic amines is 1. The minimum Gasteiger partial charge on any atom is -0.344 e. The summed E-state index contributed by atoms with van der Waals surface area (Å²) in [4.78, 5) is 30.3. The van der Waals surface area contributed by atoms with Gasteiger partial charge in [-0.3, -0.25) is 9.59 Å². The first kappa shape index (κ1) is 15.0. The van der Waals surface area contributed by atoms with Crippen LogP contribution in [0.3, 0.4) is 0 Å². The largest absolute Gasteiger partial charge is 0.344 e. The Morgan fingerprint density at radius 2 is 1.87 bits per heavy atom. The van der Waals surface area contributed by atoms with E-state index in [0.717, 1.165) is 16.3 Å². The number of amides is 1. The summed E-state index contributed by atoms with van der Waals surface area (Å²) < 4.78 is 0. The maximum atomic E-state index is 12.3. The Kier molecular flexibility index (Phi) is 3.93. The average Bonchev–Trinajstić information content (AvgIpc) is 2.53. The van der Waals surface area contributed by atoms with Crippen LogP contribution >= 0.6 is 0 Å². The molecule has 1 atom stereocenters. The Labute approximate surface area is 133 Å². The number of H-pyrrole nitrogens is 1. The fraction of sp³-hybridized carbons (Fsp3) is 0.167. The molecule has 0 saturated heterocycles. The molecule has 2 aromatic carbocycles. The molecule has 0 radical (unpaired) electrons. The molecule has 0 saturated carbocycles. The molecule has 2 N–H and O–H groups in total. The lowest BCUT2D eigenvalue weighted by atomic mass is 10.0. The van der Waals surface area contributed by atoms with Crippen molar-refractivity contribution in [3.05, 3.63) is 76.0 Å². The van der Waals surface area contributed by atoms with Crippen LogP contribution in [0.5, 0.6) is 0 Å². The second-order valence-corrected chi connectivity index (χ2v) is 5.52. The van der Waals surface area contributed by atoms with E-state index < -0.39 is 0 Å². The van der Waals surface area contributed by atoms with Crippen LogP contribution < -0.4 is 10.9 Å². The molecule has 0 bridgehead atoms. The van der Waals surface area contributed by atoms with Crippen LogP contribution in [0.1, 0.15) is 34.8 Å². The standard InChI is InChI=1S/C18H17N3O2/c1-11(14-8-7-13-5-3-4-6-15(13)9-14)19-18(23)16-10-17(22)21-12(2)20-16/h3-11H,1-2H3,(H,19,23)(H,20,21,22). The highest BCUT2D eigenvalue weighted by Gasteiger charge is 2.14. The molecule has 116 valence electrons. The number of carbonyl (C=O) groups is 1. The Hall–Kier alpha value is -2.95. The highest BCUT2D eigenvalue weighted by atomic mass is 16.2. The summed E-state index contributed by atoms with van der Waals surface area (Å²) in [5.74, 6) is 0.0564. The summed E-state index contributed by atoms with van der Waals surface area (Å²) in [6.45, 7) is 3.55. The molecule has 3 rings (SSSR count). The number of nitrogens with one attached hydrogen (secondary N) is 2. The van der Waals surface area contributed by atoms with Crippen LogP contribution in [0, 0.1) is 6.92 Å². The van der Waals surface area contributed by atoms with E-state index in [1.54, 1.807) is 6.92 Å². The number of fused-ring (bicyclic) bond motifs is 1. The predicted octanol–water partition coefficient (Wildman–Crippen LogP) is 2.72. The van der Waals surface area contributed by atoms with E-state index in [0.29, 0.717) is 5.82 Å². The van der Waals surface area contributed by atoms with E-state index in [1.165, 1.54) is 6.07 Å². The zero-order valence-electron chi connectivity index (χ0n) is 13.0. The molecule has 0 fully saturated rings. The first-order valence-corrected chi connectivity index (χ1v) is 7.40. The summed E-state index contributed by atoms with van der Waals surface area (Å²) in [6, 6.07) is 15.2. The van der Waals surface area contributed by atoms with Crippen molar-refractivity contribution < 1.29 is 4.79 Å². The van der Waals surface area contributed by atoms with Crippen molar-refractivity contribution in [1.82, 2.24) is 15.3 Å². The number of benzene rings is 2. The first-order chi connectivity index (χ1) is 11.0. The van der Waals surface area contributed by atoms with Gasteiger partial charge in [-0.05, 0) is 36.2 Å². The minimum atomic E-state index is -0.361. The molecule has 5 heteroatoms. The van der Waals surface area contributed by atoms with Crippen molar-refractivity contribution in [3.8, 4) is 0 Å². The molecular weight excluding hydrogens is 290 g/mol. The molecule has 0 aliphatic heterocycles. The SMILES string of the molecule is Cc1nc(C(=O)NC(C)c2ccc3ccccc3c2)cc(=O)[nH]1. The molecule has 0 aliphatic carbocycles. The van der Waals surface area contributed by atoms with Crippen LogP contribution in [0.4, 0.5) is 0 Å². The van der Waals surface area contributed by atoms with Gasteiger partial charge < -0.3 is 10.3 Å².